The van der Waals surface area contributed by atoms with E-state index in [2.05, 4.69) is 18.4 Å². The maximum atomic E-state index is 5.85. The van der Waals surface area contributed by atoms with Gasteiger partial charge in [0.1, 0.15) is 0 Å². The largest absolute Gasteiger partial charge is 0.328 e. The lowest BCUT2D eigenvalue weighted by Gasteiger charge is -2.33. The molecule has 1 fully saturated rings. The maximum absolute atomic E-state index is 5.85. The quantitative estimate of drug-likeness (QED) is 0.757. The third kappa shape index (κ3) is 3.67. The molecule has 1 saturated heterocycles. The van der Waals surface area contributed by atoms with E-state index < -0.39 is 0 Å². The molecule has 0 bridgehead atoms. The summed E-state index contributed by atoms with van der Waals surface area (Å²) < 4.78 is 0. The number of rotatable bonds is 3. The van der Waals surface area contributed by atoms with E-state index in [9.17, 15) is 0 Å². The van der Waals surface area contributed by atoms with Gasteiger partial charge < -0.3 is 5.73 Å². The average molecular weight is 203 g/mol. The fraction of sp³-hybridized carbons (Fsp3) is 0.800. The van der Waals surface area contributed by atoms with Gasteiger partial charge in [0.05, 0.1) is 0 Å². The summed E-state index contributed by atoms with van der Waals surface area (Å²) in [6.07, 6.45) is 2.39. The molecular formula is C10H19ClN2. The number of hydrogen-bond acceptors (Lipinski definition) is 2. The Morgan fingerprint density at radius 2 is 2.15 bits per heavy atom. The Bertz CT molecular complexity index is 172. The van der Waals surface area contributed by atoms with E-state index in [-0.39, 0.29) is 0 Å². The highest BCUT2D eigenvalue weighted by Crippen LogP contribution is 2.20. The second kappa shape index (κ2) is 4.99. The van der Waals surface area contributed by atoms with Gasteiger partial charge in [-0.2, -0.15) is 0 Å². The van der Waals surface area contributed by atoms with E-state index >= 15 is 0 Å². The van der Waals surface area contributed by atoms with Crippen LogP contribution in [0.2, 0.25) is 0 Å². The van der Waals surface area contributed by atoms with E-state index in [0.717, 1.165) is 24.7 Å². The molecular weight excluding hydrogens is 184 g/mol. The zero-order valence-electron chi connectivity index (χ0n) is 8.30. The first-order valence-corrected chi connectivity index (χ1v) is 5.28. The lowest BCUT2D eigenvalue weighted by molar-refractivity contribution is 0.186. The van der Waals surface area contributed by atoms with E-state index in [4.69, 9.17) is 17.3 Å². The van der Waals surface area contributed by atoms with Crippen LogP contribution >= 0.6 is 11.6 Å². The SMILES string of the molecule is C=C(Cl)CN1CCC(C(C)N)CC1. The van der Waals surface area contributed by atoms with E-state index in [0.29, 0.717) is 12.0 Å². The number of likely N-dealkylation sites (tertiary alicyclic amines) is 1. The van der Waals surface area contributed by atoms with Crippen LogP contribution in [-0.4, -0.2) is 30.6 Å². The van der Waals surface area contributed by atoms with Crippen LogP contribution in [0.5, 0.6) is 0 Å². The van der Waals surface area contributed by atoms with Crippen molar-refractivity contribution in [1.82, 2.24) is 4.90 Å². The number of nitrogens with two attached hydrogens (primary N) is 1. The summed E-state index contributed by atoms with van der Waals surface area (Å²) in [5.41, 5.74) is 5.85. The van der Waals surface area contributed by atoms with Gasteiger partial charge in [-0.1, -0.05) is 18.2 Å². The second-order valence-electron chi connectivity index (χ2n) is 3.99. The van der Waals surface area contributed by atoms with Crippen molar-refractivity contribution in [3.05, 3.63) is 11.6 Å². The fourth-order valence-corrected chi connectivity index (χ4v) is 2.05. The molecule has 1 heterocycles. The zero-order valence-corrected chi connectivity index (χ0v) is 9.06. The highest BCUT2D eigenvalue weighted by Gasteiger charge is 2.21. The molecule has 1 rings (SSSR count). The highest BCUT2D eigenvalue weighted by atomic mass is 35.5. The lowest BCUT2D eigenvalue weighted by atomic mass is 9.91. The van der Waals surface area contributed by atoms with Crippen LogP contribution in [0.15, 0.2) is 11.6 Å². The number of halogens is 1. The van der Waals surface area contributed by atoms with Crippen molar-refractivity contribution in [2.45, 2.75) is 25.8 Å². The summed E-state index contributed by atoms with van der Waals surface area (Å²) in [6.45, 7) is 8.85. The first-order chi connectivity index (χ1) is 6.09. The van der Waals surface area contributed by atoms with Crippen molar-refractivity contribution in [3.8, 4) is 0 Å². The Balaban J connectivity index is 2.26. The van der Waals surface area contributed by atoms with Crippen molar-refractivity contribution in [2.24, 2.45) is 11.7 Å². The van der Waals surface area contributed by atoms with Crippen molar-refractivity contribution >= 4 is 11.6 Å². The van der Waals surface area contributed by atoms with Gasteiger partial charge in [-0.25, -0.2) is 0 Å². The summed E-state index contributed by atoms with van der Waals surface area (Å²) in [6, 6.07) is 0.335. The van der Waals surface area contributed by atoms with Crippen LogP contribution in [0.1, 0.15) is 19.8 Å². The van der Waals surface area contributed by atoms with Crippen molar-refractivity contribution in [2.75, 3.05) is 19.6 Å². The monoisotopic (exact) mass is 202 g/mol. The van der Waals surface area contributed by atoms with Crippen LogP contribution in [0.25, 0.3) is 0 Å². The molecule has 1 aliphatic rings. The Morgan fingerprint density at radius 3 is 2.54 bits per heavy atom. The standard InChI is InChI=1S/C10H19ClN2/c1-8(11)7-13-5-3-10(4-6-13)9(2)12/h9-10H,1,3-7,12H2,2H3. The van der Waals surface area contributed by atoms with E-state index in [1.54, 1.807) is 0 Å². The molecule has 0 amide bonds. The third-order valence-electron chi connectivity index (χ3n) is 2.77. The molecule has 0 aromatic carbocycles. The molecule has 1 unspecified atom stereocenters. The fourth-order valence-electron chi connectivity index (χ4n) is 1.88. The smallest absolute Gasteiger partial charge is 0.0335 e. The molecule has 2 N–H and O–H groups in total. The highest BCUT2D eigenvalue weighted by molar-refractivity contribution is 6.29. The second-order valence-corrected chi connectivity index (χ2v) is 4.52. The minimum atomic E-state index is 0.335. The van der Waals surface area contributed by atoms with Crippen molar-refractivity contribution < 1.29 is 0 Å². The van der Waals surface area contributed by atoms with Gasteiger partial charge in [0.25, 0.3) is 0 Å². The molecule has 13 heavy (non-hydrogen) atoms. The van der Waals surface area contributed by atoms with Crippen molar-refractivity contribution in [1.29, 1.82) is 0 Å². The third-order valence-corrected chi connectivity index (χ3v) is 2.89. The van der Waals surface area contributed by atoms with Gasteiger partial charge in [-0.15, -0.1) is 0 Å². The molecule has 0 spiro atoms. The van der Waals surface area contributed by atoms with Crippen molar-refractivity contribution in [3.63, 3.8) is 0 Å². The molecule has 3 heteroatoms. The predicted molar refractivity (Wildman–Crippen MR) is 57.8 cm³/mol. The summed E-state index contributed by atoms with van der Waals surface area (Å²) in [7, 11) is 0. The number of piperidine rings is 1. The topological polar surface area (TPSA) is 29.3 Å². The van der Waals surface area contributed by atoms with Crippen LogP contribution in [0.4, 0.5) is 0 Å². The molecule has 0 aromatic heterocycles. The molecule has 76 valence electrons. The van der Waals surface area contributed by atoms with Crippen LogP contribution in [0, 0.1) is 5.92 Å². The Morgan fingerprint density at radius 1 is 1.62 bits per heavy atom. The zero-order chi connectivity index (χ0) is 9.84. The molecule has 0 radical (unpaired) electrons. The van der Waals surface area contributed by atoms with Gasteiger partial charge in [-0.3, -0.25) is 4.90 Å². The molecule has 2 nitrogen and oxygen atoms in total. The summed E-state index contributed by atoms with van der Waals surface area (Å²) in [5.74, 6) is 0.694. The van der Waals surface area contributed by atoms with Crippen LogP contribution in [-0.2, 0) is 0 Å². The molecule has 0 aliphatic carbocycles. The first-order valence-electron chi connectivity index (χ1n) is 4.91. The summed E-state index contributed by atoms with van der Waals surface area (Å²) in [4.78, 5) is 2.34. The minimum absolute atomic E-state index is 0.335. The van der Waals surface area contributed by atoms with Crippen LogP contribution in [0.3, 0.4) is 0 Å². The molecule has 1 atom stereocenters. The Hall–Kier alpha value is -0.0500. The minimum Gasteiger partial charge on any atom is -0.328 e. The van der Waals surface area contributed by atoms with Gasteiger partial charge in [0.2, 0.25) is 0 Å². The summed E-state index contributed by atoms with van der Waals surface area (Å²) >= 11 is 5.75. The normalized spacial score (nSPS) is 23.0. The summed E-state index contributed by atoms with van der Waals surface area (Å²) in [5, 5.41) is 0.735. The van der Waals surface area contributed by atoms with Gasteiger partial charge in [-0.05, 0) is 38.8 Å². The van der Waals surface area contributed by atoms with Gasteiger partial charge in [0.15, 0.2) is 0 Å². The molecule has 0 aromatic rings. The first kappa shape index (κ1) is 11.0. The maximum Gasteiger partial charge on any atom is 0.0335 e. The number of nitrogens with zero attached hydrogens (tertiary/aromatic N) is 1. The predicted octanol–water partition coefficient (Wildman–Crippen LogP) is 1.80. The average Bonchev–Trinajstić information content (AvgIpc) is 2.04. The molecule has 1 aliphatic heterocycles. The van der Waals surface area contributed by atoms with Gasteiger partial charge in [0, 0.05) is 17.6 Å². The van der Waals surface area contributed by atoms with Gasteiger partial charge >= 0.3 is 0 Å². The number of hydrogen-bond donors (Lipinski definition) is 1. The molecule has 0 saturated carbocycles. The Labute approximate surface area is 85.7 Å². The Kier molecular flexibility index (Phi) is 4.23. The van der Waals surface area contributed by atoms with E-state index in [1.165, 1.54) is 12.8 Å². The van der Waals surface area contributed by atoms with Crippen LogP contribution < -0.4 is 5.73 Å². The van der Waals surface area contributed by atoms with E-state index in [1.807, 2.05) is 0 Å². The lowest BCUT2D eigenvalue weighted by Crippen LogP contribution is -2.40.